The summed E-state index contributed by atoms with van der Waals surface area (Å²) in [5.74, 6) is 2.40. The summed E-state index contributed by atoms with van der Waals surface area (Å²) in [5, 5.41) is 4.56. The molecule has 0 aliphatic carbocycles. The molecule has 0 aliphatic rings. The van der Waals surface area contributed by atoms with Crippen LogP contribution in [-0.2, 0) is 13.5 Å². The van der Waals surface area contributed by atoms with E-state index < -0.39 is 0 Å². The van der Waals surface area contributed by atoms with Gasteiger partial charge in [0.2, 0.25) is 0 Å². The van der Waals surface area contributed by atoms with E-state index in [1.54, 1.807) is 0 Å². The highest BCUT2D eigenvalue weighted by Gasteiger charge is 2.20. The molecular formula is C14H28N4S. The van der Waals surface area contributed by atoms with Gasteiger partial charge in [-0.05, 0) is 45.6 Å². The van der Waals surface area contributed by atoms with E-state index in [0.717, 1.165) is 12.1 Å². The Bertz CT molecular complexity index is 400. The summed E-state index contributed by atoms with van der Waals surface area (Å²) in [5.41, 5.74) is 8.35. The molecule has 0 aromatic carbocycles. The molecular weight excluding hydrogens is 256 g/mol. The van der Waals surface area contributed by atoms with E-state index in [2.05, 4.69) is 37.1 Å². The minimum Gasteiger partial charge on any atom is -0.357 e. The van der Waals surface area contributed by atoms with Crippen molar-refractivity contribution < 1.29 is 0 Å². The SMILES string of the molecule is CSCCC(C)N(C)c1c(CC(C)N)c(C)nn1C. The topological polar surface area (TPSA) is 47.1 Å². The summed E-state index contributed by atoms with van der Waals surface area (Å²) in [6.07, 6.45) is 4.22. The molecule has 1 rings (SSSR count). The van der Waals surface area contributed by atoms with Gasteiger partial charge in [0.25, 0.3) is 0 Å². The molecule has 0 bridgehead atoms. The first-order valence-corrected chi connectivity index (χ1v) is 8.27. The predicted octanol–water partition coefficient (Wildman–Crippen LogP) is 2.20. The zero-order valence-corrected chi connectivity index (χ0v) is 13.9. The second-order valence-corrected chi connectivity index (χ2v) is 6.42. The maximum Gasteiger partial charge on any atom is 0.130 e. The normalized spacial score (nSPS) is 14.5. The summed E-state index contributed by atoms with van der Waals surface area (Å²) >= 11 is 1.90. The third-order valence-electron chi connectivity index (χ3n) is 3.57. The van der Waals surface area contributed by atoms with Crippen LogP contribution in [-0.4, -0.2) is 40.9 Å². The second kappa shape index (κ2) is 7.20. The number of hydrogen-bond acceptors (Lipinski definition) is 4. The Balaban J connectivity index is 2.97. The van der Waals surface area contributed by atoms with Crippen LogP contribution in [0.25, 0.3) is 0 Å². The fourth-order valence-electron chi connectivity index (χ4n) is 2.38. The molecule has 0 amide bonds. The van der Waals surface area contributed by atoms with Crippen molar-refractivity contribution in [3.63, 3.8) is 0 Å². The third kappa shape index (κ3) is 4.14. The molecule has 2 N–H and O–H groups in total. The Morgan fingerprint density at radius 3 is 2.58 bits per heavy atom. The van der Waals surface area contributed by atoms with Gasteiger partial charge in [-0.2, -0.15) is 16.9 Å². The summed E-state index contributed by atoms with van der Waals surface area (Å²) in [6, 6.07) is 0.672. The number of nitrogens with two attached hydrogens (primary N) is 1. The average molecular weight is 284 g/mol. The highest BCUT2D eigenvalue weighted by Crippen LogP contribution is 2.26. The first kappa shape index (κ1) is 16.4. The van der Waals surface area contributed by atoms with Gasteiger partial charge < -0.3 is 10.6 Å². The zero-order valence-electron chi connectivity index (χ0n) is 13.1. The first-order chi connectivity index (χ1) is 8.88. The van der Waals surface area contributed by atoms with Crippen molar-refractivity contribution >= 4 is 17.6 Å². The van der Waals surface area contributed by atoms with E-state index in [0.29, 0.717) is 6.04 Å². The number of aryl methyl sites for hydroxylation is 2. The minimum absolute atomic E-state index is 0.163. The van der Waals surface area contributed by atoms with Gasteiger partial charge in [-0.25, -0.2) is 0 Å². The van der Waals surface area contributed by atoms with E-state index in [4.69, 9.17) is 5.73 Å². The lowest BCUT2D eigenvalue weighted by Gasteiger charge is -2.28. The van der Waals surface area contributed by atoms with E-state index in [-0.39, 0.29) is 6.04 Å². The monoisotopic (exact) mass is 284 g/mol. The van der Waals surface area contributed by atoms with Crippen molar-refractivity contribution in [3.05, 3.63) is 11.3 Å². The molecule has 110 valence electrons. The van der Waals surface area contributed by atoms with Crippen molar-refractivity contribution in [2.75, 3.05) is 24.0 Å². The van der Waals surface area contributed by atoms with Gasteiger partial charge in [0.05, 0.1) is 5.69 Å². The Morgan fingerprint density at radius 1 is 1.42 bits per heavy atom. The van der Waals surface area contributed by atoms with Crippen molar-refractivity contribution in [3.8, 4) is 0 Å². The Kier molecular flexibility index (Phi) is 6.20. The van der Waals surface area contributed by atoms with Crippen LogP contribution in [0.4, 0.5) is 5.82 Å². The Hall–Kier alpha value is -0.680. The summed E-state index contributed by atoms with van der Waals surface area (Å²) in [4.78, 5) is 2.34. The zero-order chi connectivity index (χ0) is 14.6. The molecule has 2 atom stereocenters. The summed E-state index contributed by atoms with van der Waals surface area (Å²) in [6.45, 7) is 6.39. The average Bonchev–Trinajstić information content (AvgIpc) is 2.59. The van der Waals surface area contributed by atoms with Crippen LogP contribution in [0.5, 0.6) is 0 Å². The van der Waals surface area contributed by atoms with Gasteiger partial charge in [-0.15, -0.1) is 0 Å². The molecule has 5 heteroatoms. The number of rotatable bonds is 7. The molecule has 0 spiro atoms. The smallest absolute Gasteiger partial charge is 0.130 e. The van der Waals surface area contributed by atoms with Gasteiger partial charge >= 0.3 is 0 Å². The lowest BCUT2D eigenvalue weighted by atomic mass is 10.1. The van der Waals surface area contributed by atoms with Crippen LogP contribution >= 0.6 is 11.8 Å². The number of aromatic nitrogens is 2. The molecule has 0 aliphatic heterocycles. The highest BCUT2D eigenvalue weighted by atomic mass is 32.2. The molecule has 0 saturated heterocycles. The number of anilines is 1. The van der Waals surface area contributed by atoms with Crippen LogP contribution in [0, 0.1) is 6.92 Å². The second-order valence-electron chi connectivity index (χ2n) is 5.43. The van der Waals surface area contributed by atoms with Crippen molar-refractivity contribution in [2.45, 2.75) is 45.7 Å². The van der Waals surface area contributed by atoms with Crippen LogP contribution < -0.4 is 10.6 Å². The lowest BCUT2D eigenvalue weighted by molar-refractivity contribution is 0.628. The van der Waals surface area contributed by atoms with Gasteiger partial charge in [0.1, 0.15) is 5.82 Å². The first-order valence-electron chi connectivity index (χ1n) is 6.88. The fraction of sp³-hybridized carbons (Fsp3) is 0.786. The van der Waals surface area contributed by atoms with Gasteiger partial charge in [0, 0.05) is 31.7 Å². The quantitative estimate of drug-likeness (QED) is 0.834. The Labute approximate surface area is 121 Å². The van der Waals surface area contributed by atoms with E-state index in [1.807, 2.05) is 30.4 Å². The maximum absolute atomic E-state index is 5.97. The molecule has 0 radical (unpaired) electrons. The van der Waals surface area contributed by atoms with Crippen molar-refractivity contribution in [1.82, 2.24) is 9.78 Å². The predicted molar refractivity (Wildman–Crippen MR) is 86.2 cm³/mol. The molecule has 2 unspecified atom stereocenters. The molecule has 0 saturated carbocycles. The Morgan fingerprint density at radius 2 is 2.05 bits per heavy atom. The lowest BCUT2D eigenvalue weighted by Crippen LogP contribution is -2.32. The minimum atomic E-state index is 0.163. The van der Waals surface area contributed by atoms with Gasteiger partial charge in [-0.3, -0.25) is 4.68 Å². The standard InChI is InChI=1S/C14H28N4S/c1-10(15)9-13-12(3)16-18(5)14(13)17(4)11(2)7-8-19-6/h10-11H,7-9,15H2,1-6H3. The van der Waals surface area contributed by atoms with E-state index in [1.165, 1.54) is 23.6 Å². The molecule has 1 aromatic rings. The van der Waals surface area contributed by atoms with Crippen LogP contribution in [0.2, 0.25) is 0 Å². The van der Waals surface area contributed by atoms with Crippen molar-refractivity contribution in [1.29, 1.82) is 0 Å². The molecule has 0 fully saturated rings. The number of thioether (sulfide) groups is 1. The van der Waals surface area contributed by atoms with E-state index in [9.17, 15) is 0 Å². The third-order valence-corrected chi connectivity index (χ3v) is 4.22. The molecule has 1 aromatic heterocycles. The van der Waals surface area contributed by atoms with Crippen LogP contribution in [0.15, 0.2) is 0 Å². The maximum atomic E-state index is 5.97. The van der Waals surface area contributed by atoms with Gasteiger partial charge in [0.15, 0.2) is 0 Å². The largest absolute Gasteiger partial charge is 0.357 e. The number of hydrogen-bond donors (Lipinski definition) is 1. The summed E-state index contributed by atoms with van der Waals surface area (Å²) < 4.78 is 1.99. The molecule has 19 heavy (non-hydrogen) atoms. The fourth-order valence-corrected chi connectivity index (χ4v) is 2.96. The van der Waals surface area contributed by atoms with E-state index >= 15 is 0 Å². The van der Waals surface area contributed by atoms with Crippen molar-refractivity contribution in [2.24, 2.45) is 12.8 Å². The highest BCUT2D eigenvalue weighted by molar-refractivity contribution is 7.98. The van der Waals surface area contributed by atoms with Crippen LogP contribution in [0.3, 0.4) is 0 Å². The van der Waals surface area contributed by atoms with Crippen LogP contribution in [0.1, 0.15) is 31.5 Å². The summed E-state index contributed by atoms with van der Waals surface area (Å²) in [7, 11) is 4.18. The molecule has 4 nitrogen and oxygen atoms in total. The number of nitrogens with zero attached hydrogens (tertiary/aromatic N) is 3. The van der Waals surface area contributed by atoms with Gasteiger partial charge in [-0.1, -0.05) is 0 Å². The molecule has 1 heterocycles.